The van der Waals surface area contributed by atoms with Crippen LogP contribution in [0.3, 0.4) is 0 Å². The molecule has 2 fully saturated rings. The maximum Gasteiger partial charge on any atom is 0.423 e. The first kappa shape index (κ1) is 26.6. The third-order valence-electron chi connectivity index (χ3n) is 7.29. The van der Waals surface area contributed by atoms with Gasteiger partial charge in [0.1, 0.15) is 17.1 Å². The third-order valence-corrected chi connectivity index (χ3v) is 7.29. The summed E-state index contributed by atoms with van der Waals surface area (Å²) >= 11 is 0. The van der Waals surface area contributed by atoms with Crippen molar-refractivity contribution in [1.29, 1.82) is 0 Å². The number of alkyl halides is 3. The molecule has 3 aromatic rings. The van der Waals surface area contributed by atoms with Crippen molar-refractivity contribution in [2.75, 3.05) is 41.3 Å². The fourth-order valence-electron chi connectivity index (χ4n) is 5.24. The van der Waals surface area contributed by atoms with E-state index in [1.54, 1.807) is 6.20 Å². The first-order chi connectivity index (χ1) is 18.8. The Labute approximate surface area is 224 Å². The van der Waals surface area contributed by atoms with Crippen molar-refractivity contribution in [1.82, 2.24) is 4.98 Å². The lowest BCUT2D eigenvalue weighted by atomic mass is 9.92. The first-order valence-electron chi connectivity index (χ1n) is 13.1. The lowest BCUT2D eigenvalue weighted by Crippen LogP contribution is -2.46. The van der Waals surface area contributed by atoms with Crippen molar-refractivity contribution in [3.8, 4) is 5.75 Å². The van der Waals surface area contributed by atoms with Gasteiger partial charge in [-0.1, -0.05) is 18.2 Å². The van der Waals surface area contributed by atoms with Crippen LogP contribution >= 0.6 is 0 Å². The molecule has 39 heavy (non-hydrogen) atoms. The van der Waals surface area contributed by atoms with Crippen LogP contribution in [0.25, 0.3) is 0 Å². The van der Waals surface area contributed by atoms with Gasteiger partial charge in [-0.05, 0) is 56.0 Å². The minimum Gasteiger partial charge on any atom is -0.490 e. The fraction of sp³-hybridized carbons (Fsp3) is 0.393. The van der Waals surface area contributed by atoms with E-state index in [0.717, 1.165) is 62.7 Å². The first-order valence-corrected chi connectivity index (χ1v) is 13.1. The van der Waals surface area contributed by atoms with Gasteiger partial charge in [0.15, 0.2) is 0 Å². The quantitative estimate of drug-likeness (QED) is 0.284. The van der Waals surface area contributed by atoms with E-state index in [-0.39, 0.29) is 17.8 Å². The number of halogens is 3. The number of nitrogens with zero attached hydrogens (tertiary/aromatic N) is 4. The van der Waals surface area contributed by atoms with E-state index in [4.69, 9.17) is 4.74 Å². The lowest BCUT2D eigenvalue weighted by molar-refractivity contribution is -0.388. The number of nitrogens with one attached hydrogen (secondary N) is 1. The fourth-order valence-corrected chi connectivity index (χ4v) is 5.24. The highest BCUT2D eigenvalue weighted by Crippen LogP contribution is 2.38. The van der Waals surface area contributed by atoms with Gasteiger partial charge in [-0.3, -0.25) is 10.1 Å². The number of para-hydroxylation sites is 1. The zero-order valence-corrected chi connectivity index (χ0v) is 21.3. The summed E-state index contributed by atoms with van der Waals surface area (Å²) in [7, 11) is 0. The third kappa shape index (κ3) is 6.52. The summed E-state index contributed by atoms with van der Waals surface area (Å²) in [4.78, 5) is 19.2. The summed E-state index contributed by atoms with van der Waals surface area (Å²) in [5, 5.41) is 14.1. The predicted molar refractivity (Wildman–Crippen MR) is 143 cm³/mol. The molecule has 1 aliphatic heterocycles. The van der Waals surface area contributed by atoms with Crippen LogP contribution in [0.1, 0.15) is 31.2 Å². The molecular formula is C28H30F3N5O3. The Morgan fingerprint density at radius 2 is 1.62 bits per heavy atom. The highest BCUT2D eigenvalue weighted by atomic mass is 19.4. The summed E-state index contributed by atoms with van der Waals surface area (Å²) in [5.74, 6) is 1.64. The van der Waals surface area contributed by atoms with E-state index < -0.39 is 22.4 Å². The molecule has 1 saturated heterocycles. The molecule has 2 heterocycles. The number of nitro benzene ring substituents is 1. The number of benzene rings is 2. The van der Waals surface area contributed by atoms with E-state index in [1.165, 1.54) is 11.8 Å². The van der Waals surface area contributed by atoms with Gasteiger partial charge in [0.05, 0.1) is 11.0 Å². The highest BCUT2D eigenvalue weighted by Gasteiger charge is 2.38. The highest BCUT2D eigenvalue weighted by molar-refractivity contribution is 5.56. The molecule has 0 radical (unpaired) electrons. The largest absolute Gasteiger partial charge is 0.490 e. The number of pyridine rings is 1. The van der Waals surface area contributed by atoms with Gasteiger partial charge in [0.25, 0.3) is 5.69 Å². The van der Waals surface area contributed by atoms with Crippen LogP contribution in [0.15, 0.2) is 66.9 Å². The molecule has 1 saturated carbocycles. The Balaban J connectivity index is 1.13. The number of hydrogen-bond acceptors (Lipinski definition) is 7. The molecule has 1 aromatic heterocycles. The Hall–Kier alpha value is -4.02. The van der Waals surface area contributed by atoms with Crippen molar-refractivity contribution in [2.24, 2.45) is 0 Å². The molecule has 206 valence electrons. The second-order valence-corrected chi connectivity index (χ2v) is 9.88. The minimum absolute atomic E-state index is 0.00387. The van der Waals surface area contributed by atoms with Gasteiger partial charge in [0, 0.05) is 61.9 Å². The predicted octanol–water partition coefficient (Wildman–Crippen LogP) is 6.14. The Morgan fingerprint density at radius 1 is 0.923 bits per heavy atom. The molecule has 1 N–H and O–H groups in total. The molecule has 1 aliphatic carbocycles. The van der Waals surface area contributed by atoms with Crippen LogP contribution in [0.2, 0.25) is 0 Å². The van der Waals surface area contributed by atoms with Crippen molar-refractivity contribution in [3.63, 3.8) is 0 Å². The van der Waals surface area contributed by atoms with E-state index >= 15 is 0 Å². The smallest absolute Gasteiger partial charge is 0.423 e. The van der Waals surface area contributed by atoms with Gasteiger partial charge in [0.2, 0.25) is 0 Å². The second-order valence-electron chi connectivity index (χ2n) is 9.88. The number of anilines is 3. The molecule has 8 nitrogen and oxygen atoms in total. The average molecular weight is 542 g/mol. The maximum atomic E-state index is 13.3. The standard InChI is InChI=1S/C28H30F3N5O3/c29-28(30,31)25-18-21(8-11-26(25)36(37)38)33-20-6-9-23(10-7-20)39-24-12-13-32-27(19-24)35-16-14-34(15-17-35)22-4-2-1-3-5-22/h1-5,8,11-13,18-20,23,33H,6-7,9-10,14-17H2. The van der Waals surface area contributed by atoms with Crippen LogP contribution < -0.4 is 19.9 Å². The van der Waals surface area contributed by atoms with E-state index in [0.29, 0.717) is 12.8 Å². The summed E-state index contributed by atoms with van der Waals surface area (Å²) < 4.78 is 46.2. The monoisotopic (exact) mass is 541 g/mol. The molecule has 0 atom stereocenters. The summed E-state index contributed by atoms with van der Waals surface area (Å²) in [5.41, 5.74) is -0.741. The Bertz CT molecular complexity index is 1270. The average Bonchev–Trinajstić information content (AvgIpc) is 2.94. The van der Waals surface area contributed by atoms with E-state index in [2.05, 4.69) is 32.2 Å². The van der Waals surface area contributed by atoms with Gasteiger partial charge in [-0.2, -0.15) is 13.2 Å². The second kappa shape index (κ2) is 11.4. The van der Waals surface area contributed by atoms with Crippen molar-refractivity contribution >= 4 is 22.9 Å². The summed E-state index contributed by atoms with van der Waals surface area (Å²) in [6, 6.07) is 17.2. The summed E-state index contributed by atoms with van der Waals surface area (Å²) in [6.07, 6.45) is -0.145. The molecule has 5 rings (SSSR count). The van der Waals surface area contributed by atoms with Crippen molar-refractivity contribution in [3.05, 3.63) is 82.5 Å². The molecule has 0 unspecified atom stereocenters. The van der Waals surface area contributed by atoms with Crippen LogP contribution in [0.5, 0.6) is 5.75 Å². The van der Waals surface area contributed by atoms with E-state index in [1.807, 2.05) is 30.3 Å². The minimum atomic E-state index is -4.80. The number of rotatable bonds is 7. The van der Waals surface area contributed by atoms with Crippen LogP contribution in [0.4, 0.5) is 36.1 Å². The normalized spacial score (nSPS) is 20.0. The van der Waals surface area contributed by atoms with Crippen LogP contribution in [0, 0.1) is 10.1 Å². The van der Waals surface area contributed by atoms with Crippen molar-refractivity contribution in [2.45, 2.75) is 44.0 Å². The molecule has 0 spiro atoms. The van der Waals surface area contributed by atoms with Crippen molar-refractivity contribution < 1.29 is 22.8 Å². The lowest BCUT2D eigenvalue weighted by Gasteiger charge is -2.37. The van der Waals surface area contributed by atoms with Crippen LogP contribution in [-0.2, 0) is 6.18 Å². The van der Waals surface area contributed by atoms with Crippen LogP contribution in [-0.4, -0.2) is 48.2 Å². The van der Waals surface area contributed by atoms with E-state index in [9.17, 15) is 23.3 Å². The zero-order valence-electron chi connectivity index (χ0n) is 21.3. The maximum absolute atomic E-state index is 13.3. The summed E-state index contributed by atoms with van der Waals surface area (Å²) in [6.45, 7) is 3.54. The number of aromatic nitrogens is 1. The van der Waals surface area contributed by atoms with Gasteiger partial charge in [-0.25, -0.2) is 4.98 Å². The number of piperazine rings is 1. The molecule has 11 heteroatoms. The molecule has 2 aliphatic rings. The Kier molecular flexibility index (Phi) is 7.76. The zero-order chi connectivity index (χ0) is 27.4. The SMILES string of the molecule is O=[N+]([O-])c1ccc(NC2CCC(Oc3ccnc(N4CCN(c5ccccc5)CC4)c3)CC2)cc1C(F)(F)F. The topological polar surface area (TPSA) is 83.8 Å². The van der Waals surface area contributed by atoms with Gasteiger partial charge < -0.3 is 19.9 Å². The van der Waals surface area contributed by atoms with Gasteiger partial charge >= 0.3 is 6.18 Å². The Morgan fingerprint density at radius 3 is 2.28 bits per heavy atom. The number of nitro groups is 1. The molecule has 2 aromatic carbocycles. The number of hydrogen-bond donors (Lipinski definition) is 1. The molecule has 0 amide bonds. The molecule has 0 bridgehead atoms. The molecular weight excluding hydrogens is 511 g/mol. The van der Waals surface area contributed by atoms with Gasteiger partial charge in [-0.15, -0.1) is 0 Å². The number of ether oxygens (including phenoxy) is 1.